The zero-order valence-corrected chi connectivity index (χ0v) is 6.88. The van der Waals surface area contributed by atoms with Gasteiger partial charge in [0, 0.05) is 13.2 Å². The van der Waals surface area contributed by atoms with Crippen LogP contribution in [-0.2, 0) is 0 Å². The lowest BCUT2D eigenvalue weighted by Crippen LogP contribution is -2.19. The van der Waals surface area contributed by atoms with E-state index in [1.54, 1.807) is 0 Å². The minimum Gasteiger partial charge on any atom is -0.396 e. The highest BCUT2D eigenvalue weighted by Crippen LogP contribution is 2.21. The first-order valence-corrected chi connectivity index (χ1v) is 4.03. The van der Waals surface area contributed by atoms with E-state index in [-0.39, 0.29) is 0 Å². The maximum atomic E-state index is 8.86. The van der Waals surface area contributed by atoms with E-state index < -0.39 is 0 Å². The number of hydrogen-bond donors (Lipinski definition) is 1. The Kier molecular flexibility index (Phi) is 2.69. The van der Waals surface area contributed by atoms with Crippen molar-refractivity contribution in [1.82, 2.24) is 4.90 Å². The first kappa shape index (κ1) is 8.02. The lowest BCUT2D eigenvalue weighted by molar-refractivity contribution is 0.189. The van der Waals surface area contributed by atoms with Crippen LogP contribution in [0.2, 0.25) is 0 Å². The molecule has 0 radical (unpaired) electrons. The predicted octanol–water partition coefficient (Wildman–Crippen LogP) is 0.567. The molecule has 1 aliphatic rings. The summed E-state index contributed by atoms with van der Waals surface area (Å²) in [6.07, 6.45) is 1.26. The van der Waals surface area contributed by atoms with E-state index in [0.29, 0.717) is 12.5 Å². The van der Waals surface area contributed by atoms with Gasteiger partial charge >= 0.3 is 0 Å². The Hall–Kier alpha value is -0.0800. The van der Waals surface area contributed by atoms with Crippen LogP contribution >= 0.6 is 0 Å². The molecule has 0 aromatic heterocycles. The Morgan fingerprint density at radius 1 is 1.70 bits per heavy atom. The van der Waals surface area contributed by atoms with Gasteiger partial charge in [-0.2, -0.15) is 0 Å². The van der Waals surface area contributed by atoms with Gasteiger partial charge in [-0.3, -0.25) is 0 Å². The summed E-state index contributed by atoms with van der Waals surface area (Å²) in [5.74, 6) is 1.22. The molecule has 60 valence electrons. The maximum Gasteiger partial charge on any atom is 0.0459 e. The minimum absolute atomic E-state index is 0.346. The summed E-state index contributed by atoms with van der Waals surface area (Å²) in [6, 6.07) is 0. The van der Waals surface area contributed by atoms with Crippen molar-refractivity contribution in [3.63, 3.8) is 0 Å². The molecule has 1 fully saturated rings. The SMILES string of the molecule is CC(CO)C1CCN(C)C1. The molecule has 1 saturated heterocycles. The zero-order valence-electron chi connectivity index (χ0n) is 6.88. The molecule has 1 heterocycles. The average molecular weight is 143 g/mol. The fourth-order valence-corrected chi connectivity index (χ4v) is 1.58. The van der Waals surface area contributed by atoms with E-state index in [2.05, 4.69) is 18.9 Å². The van der Waals surface area contributed by atoms with Crippen molar-refractivity contribution < 1.29 is 5.11 Å². The van der Waals surface area contributed by atoms with E-state index in [4.69, 9.17) is 5.11 Å². The second-order valence-electron chi connectivity index (χ2n) is 3.47. The Morgan fingerprint density at radius 2 is 2.40 bits per heavy atom. The normalized spacial score (nSPS) is 30.9. The van der Waals surface area contributed by atoms with Crippen LogP contribution in [-0.4, -0.2) is 36.8 Å². The number of aliphatic hydroxyl groups is 1. The smallest absolute Gasteiger partial charge is 0.0459 e. The number of aliphatic hydroxyl groups excluding tert-OH is 1. The second kappa shape index (κ2) is 3.35. The number of likely N-dealkylation sites (tertiary alicyclic amines) is 1. The molecular weight excluding hydrogens is 126 g/mol. The lowest BCUT2D eigenvalue weighted by atomic mass is 9.94. The van der Waals surface area contributed by atoms with Crippen molar-refractivity contribution in [3.05, 3.63) is 0 Å². The molecule has 0 amide bonds. The van der Waals surface area contributed by atoms with Gasteiger partial charge in [0.2, 0.25) is 0 Å². The summed E-state index contributed by atoms with van der Waals surface area (Å²) in [4.78, 5) is 2.33. The van der Waals surface area contributed by atoms with Gasteiger partial charge in [-0.25, -0.2) is 0 Å². The van der Waals surface area contributed by atoms with Crippen LogP contribution in [0.1, 0.15) is 13.3 Å². The zero-order chi connectivity index (χ0) is 7.56. The molecule has 1 rings (SSSR count). The van der Waals surface area contributed by atoms with Crippen LogP contribution in [0.15, 0.2) is 0 Å². The number of nitrogens with zero attached hydrogens (tertiary/aromatic N) is 1. The number of hydrogen-bond acceptors (Lipinski definition) is 2. The van der Waals surface area contributed by atoms with Crippen LogP contribution < -0.4 is 0 Å². The van der Waals surface area contributed by atoms with E-state index in [0.717, 1.165) is 5.92 Å². The lowest BCUT2D eigenvalue weighted by Gasteiger charge is -2.15. The molecule has 0 aromatic carbocycles. The third-order valence-corrected chi connectivity index (χ3v) is 2.52. The molecule has 0 bridgehead atoms. The minimum atomic E-state index is 0.346. The molecule has 2 atom stereocenters. The van der Waals surface area contributed by atoms with Crippen molar-refractivity contribution in [2.24, 2.45) is 11.8 Å². The molecule has 2 nitrogen and oxygen atoms in total. The van der Waals surface area contributed by atoms with Gasteiger partial charge in [0.15, 0.2) is 0 Å². The Labute approximate surface area is 62.8 Å². The average Bonchev–Trinajstić information content (AvgIpc) is 2.34. The summed E-state index contributed by atoms with van der Waals surface area (Å²) < 4.78 is 0. The van der Waals surface area contributed by atoms with Crippen molar-refractivity contribution in [1.29, 1.82) is 0 Å². The van der Waals surface area contributed by atoms with E-state index in [1.807, 2.05) is 0 Å². The van der Waals surface area contributed by atoms with Gasteiger partial charge in [-0.1, -0.05) is 6.92 Å². The van der Waals surface area contributed by atoms with E-state index in [9.17, 15) is 0 Å². The van der Waals surface area contributed by atoms with Gasteiger partial charge in [0.25, 0.3) is 0 Å². The first-order chi connectivity index (χ1) is 4.74. The molecule has 0 aliphatic carbocycles. The van der Waals surface area contributed by atoms with Crippen molar-refractivity contribution in [3.8, 4) is 0 Å². The van der Waals surface area contributed by atoms with Gasteiger partial charge in [0.05, 0.1) is 0 Å². The summed E-state index contributed by atoms with van der Waals surface area (Å²) in [5, 5.41) is 8.86. The van der Waals surface area contributed by atoms with Gasteiger partial charge in [0.1, 0.15) is 0 Å². The molecular formula is C8H17NO. The summed E-state index contributed by atoms with van der Waals surface area (Å²) >= 11 is 0. The first-order valence-electron chi connectivity index (χ1n) is 4.03. The highest BCUT2D eigenvalue weighted by atomic mass is 16.3. The molecule has 1 N–H and O–H groups in total. The van der Waals surface area contributed by atoms with Crippen molar-refractivity contribution in [2.45, 2.75) is 13.3 Å². The molecule has 0 spiro atoms. The van der Waals surface area contributed by atoms with Crippen LogP contribution in [0, 0.1) is 11.8 Å². The third-order valence-electron chi connectivity index (χ3n) is 2.52. The molecule has 1 aliphatic heterocycles. The van der Waals surface area contributed by atoms with Crippen molar-refractivity contribution in [2.75, 3.05) is 26.7 Å². The Bertz CT molecular complexity index is 105. The standard InChI is InChI=1S/C8H17NO/c1-7(6-10)8-3-4-9(2)5-8/h7-8,10H,3-6H2,1-2H3. The van der Waals surface area contributed by atoms with Crippen LogP contribution in [0.5, 0.6) is 0 Å². The monoisotopic (exact) mass is 143 g/mol. The Morgan fingerprint density at radius 3 is 2.80 bits per heavy atom. The van der Waals surface area contributed by atoms with E-state index >= 15 is 0 Å². The van der Waals surface area contributed by atoms with Gasteiger partial charge in [-0.15, -0.1) is 0 Å². The largest absolute Gasteiger partial charge is 0.396 e. The third kappa shape index (κ3) is 1.70. The Balaban J connectivity index is 2.29. The fraction of sp³-hybridized carbons (Fsp3) is 1.00. The van der Waals surface area contributed by atoms with Crippen molar-refractivity contribution >= 4 is 0 Å². The maximum absolute atomic E-state index is 8.86. The highest BCUT2D eigenvalue weighted by Gasteiger charge is 2.23. The van der Waals surface area contributed by atoms with Crippen LogP contribution in [0.4, 0.5) is 0 Å². The highest BCUT2D eigenvalue weighted by molar-refractivity contribution is 4.76. The quantitative estimate of drug-likeness (QED) is 0.611. The van der Waals surface area contributed by atoms with E-state index in [1.165, 1.54) is 19.5 Å². The fourth-order valence-electron chi connectivity index (χ4n) is 1.58. The number of rotatable bonds is 2. The summed E-state index contributed by atoms with van der Waals surface area (Å²) in [7, 11) is 2.14. The van der Waals surface area contributed by atoms with Gasteiger partial charge in [-0.05, 0) is 31.8 Å². The summed E-state index contributed by atoms with van der Waals surface area (Å²) in [6.45, 7) is 4.85. The van der Waals surface area contributed by atoms with Gasteiger partial charge < -0.3 is 10.0 Å². The molecule has 0 aromatic rings. The van der Waals surface area contributed by atoms with Crippen LogP contribution in [0.3, 0.4) is 0 Å². The molecule has 2 unspecified atom stereocenters. The molecule has 0 saturated carbocycles. The predicted molar refractivity (Wildman–Crippen MR) is 41.9 cm³/mol. The van der Waals surface area contributed by atoms with Crippen LogP contribution in [0.25, 0.3) is 0 Å². The second-order valence-corrected chi connectivity index (χ2v) is 3.47. The molecule has 2 heteroatoms. The summed E-state index contributed by atoms with van der Waals surface area (Å²) in [5.41, 5.74) is 0. The molecule has 10 heavy (non-hydrogen) atoms. The topological polar surface area (TPSA) is 23.5 Å².